The first kappa shape index (κ1) is 31.2. The molecule has 0 radical (unpaired) electrons. The van der Waals surface area contributed by atoms with Gasteiger partial charge < -0.3 is 20.0 Å². The SMILES string of the molecule is CC(C)CCN1C(=O)C(CC(=O)N2CCC(N3CCc4ccccc4NC3=O)CC2)SC1c1c(F)cccc1C(F)(F)F.[HH]. The van der Waals surface area contributed by atoms with Crippen LogP contribution in [0.15, 0.2) is 42.5 Å². The van der Waals surface area contributed by atoms with Gasteiger partial charge in [-0.1, -0.05) is 38.1 Å². The van der Waals surface area contributed by atoms with E-state index in [0.29, 0.717) is 38.9 Å². The van der Waals surface area contributed by atoms with Crippen LogP contribution in [0.2, 0.25) is 0 Å². The summed E-state index contributed by atoms with van der Waals surface area (Å²) in [6, 6.07) is 10.3. The van der Waals surface area contributed by atoms with Crippen LogP contribution in [0.3, 0.4) is 0 Å². The van der Waals surface area contributed by atoms with E-state index >= 15 is 0 Å². The first-order chi connectivity index (χ1) is 20.4. The molecular weight excluding hydrogens is 584 g/mol. The van der Waals surface area contributed by atoms with E-state index < -0.39 is 39.7 Å². The number of nitrogens with one attached hydrogen (secondary N) is 1. The Morgan fingerprint density at radius 3 is 2.49 bits per heavy atom. The molecule has 43 heavy (non-hydrogen) atoms. The quantitative estimate of drug-likeness (QED) is 0.356. The Balaban J connectivity index is 0.00000442. The Kier molecular flexibility index (Phi) is 9.24. The van der Waals surface area contributed by atoms with Gasteiger partial charge in [0.15, 0.2) is 0 Å². The Labute approximate surface area is 254 Å². The van der Waals surface area contributed by atoms with Crippen molar-refractivity contribution in [2.24, 2.45) is 5.92 Å². The highest BCUT2D eigenvalue weighted by Crippen LogP contribution is 2.49. The predicted molar refractivity (Wildman–Crippen MR) is 159 cm³/mol. The Morgan fingerprint density at radius 1 is 1.07 bits per heavy atom. The van der Waals surface area contributed by atoms with Gasteiger partial charge in [0.05, 0.1) is 10.8 Å². The number of hydrogen-bond donors (Lipinski definition) is 1. The molecule has 4 amide bonds. The zero-order chi connectivity index (χ0) is 30.9. The smallest absolute Gasteiger partial charge is 0.342 e. The first-order valence-electron chi connectivity index (χ1n) is 14.7. The molecule has 2 unspecified atom stereocenters. The number of rotatable bonds is 7. The fraction of sp³-hybridized carbons (Fsp3) is 0.516. The van der Waals surface area contributed by atoms with Crippen LogP contribution in [0.25, 0.3) is 0 Å². The zero-order valence-corrected chi connectivity index (χ0v) is 25.0. The third-order valence-electron chi connectivity index (χ3n) is 8.45. The molecule has 0 aliphatic carbocycles. The van der Waals surface area contributed by atoms with E-state index in [1.54, 1.807) is 4.90 Å². The van der Waals surface area contributed by atoms with E-state index in [4.69, 9.17) is 0 Å². The number of fused-ring (bicyclic) bond motifs is 1. The van der Waals surface area contributed by atoms with Crippen LogP contribution in [0, 0.1) is 11.7 Å². The number of thioether (sulfide) groups is 1. The lowest BCUT2D eigenvalue weighted by molar-refractivity contribution is -0.140. The predicted octanol–water partition coefficient (Wildman–Crippen LogP) is 6.55. The second kappa shape index (κ2) is 12.8. The van der Waals surface area contributed by atoms with Gasteiger partial charge in [-0.05, 0) is 55.4 Å². The van der Waals surface area contributed by atoms with Gasteiger partial charge in [0, 0.05) is 51.3 Å². The summed E-state index contributed by atoms with van der Waals surface area (Å²) in [6.07, 6.45) is -2.57. The number of likely N-dealkylation sites (tertiary alicyclic amines) is 1. The number of anilines is 1. The largest absolute Gasteiger partial charge is 0.416 e. The van der Waals surface area contributed by atoms with Gasteiger partial charge in [0.2, 0.25) is 11.8 Å². The number of hydrogen-bond acceptors (Lipinski definition) is 4. The molecule has 0 aromatic heterocycles. The monoisotopic (exact) mass is 622 g/mol. The molecule has 3 aliphatic rings. The van der Waals surface area contributed by atoms with Crippen molar-refractivity contribution in [3.63, 3.8) is 0 Å². The minimum atomic E-state index is -4.80. The molecule has 0 saturated carbocycles. The number of para-hydroxylation sites is 1. The molecule has 3 aliphatic heterocycles. The van der Waals surface area contributed by atoms with Crippen molar-refractivity contribution in [2.75, 3.05) is 31.5 Å². The van der Waals surface area contributed by atoms with Gasteiger partial charge in [-0.25, -0.2) is 9.18 Å². The molecule has 1 N–H and O–H groups in total. The van der Waals surface area contributed by atoms with Crippen LogP contribution in [0.1, 0.15) is 63.0 Å². The number of nitrogens with zero attached hydrogens (tertiary/aromatic N) is 3. The fourth-order valence-corrected chi connectivity index (χ4v) is 7.59. The van der Waals surface area contributed by atoms with Gasteiger partial charge >= 0.3 is 12.2 Å². The highest BCUT2D eigenvalue weighted by Gasteiger charge is 2.47. The number of carbonyl (C=O) groups is 3. The maximum absolute atomic E-state index is 15.0. The summed E-state index contributed by atoms with van der Waals surface area (Å²) < 4.78 is 56.6. The minimum absolute atomic E-state index is 0. The van der Waals surface area contributed by atoms with Gasteiger partial charge in [0.1, 0.15) is 11.2 Å². The minimum Gasteiger partial charge on any atom is -0.342 e. The number of benzene rings is 2. The molecule has 234 valence electrons. The van der Waals surface area contributed by atoms with Crippen LogP contribution in [0.5, 0.6) is 0 Å². The molecule has 2 fully saturated rings. The third kappa shape index (κ3) is 6.78. The molecular formula is C31H38F4N4O3S. The van der Waals surface area contributed by atoms with Crippen molar-refractivity contribution in [2.45, 2.75) is 68.8 Å². The van der Waals surface area contributed by atoms with Gasteiger partial charge in [-0.2, -0.15) is 13.2 Å². The topological polar surface area (TPSA) is 73.0 Å². The number of carbonyl (C=O) groups excluding carboxylic acids is 3. The summed E-state index contributed by atoms with van der Waals surface area (Å²) in [5, 5.41) is 0.877. The highest BCUT2D eigenvalue weighted by atomic mass is 32.2. The molecule has 0 bridgehead atoms. The lowest BCUT2D eigenvalue weighted by Crippen LogP contribution is -2.50. The molecule has 2 saturated heterocycles. The Morgan fingerprint density at radius 2 is 1.79 bits per heavy atom. The summed E-state index contributed by atoms with van der Waals surface area (Å²) in [4.78, 5) is 44.6. The summed E-state index contributed by atoms with van der Waals surface area (Å²) in [6.45, 7) is 5.41. The van der Waals surface area contributed by atoms with E-state index in [9.17, 15) is 31.9 Å². The number of piperidine rings is 1. The summed E-state index contributed by atoms with van der Waals surface area (Å²) >= 11 is 0.916. The molecule has 12 heteroatoms. The van der Waals surface area contributed by atoms with E-state index in [0.717, 1.165) is 47.6 Å². The van der Waals surface area contributed by atoms with E-state index in [-0.39, 0.29) is 38.3 Å². The van der Waals surface area contributed by atoms with Gasteiger partial charge in [-0.15, -0.1) is 11.8 Å². The van der Waals surface area contributed by atoms with Crippen LogP contribution >= 0.6 is 11.8 Å². The number of urea groups is 1. The van der Waals surface area contributed by atoms with Gasteiger partial charge in [-0.3, -0.25) is 9.59 Å². The maximum Gasteiger partial charge on any atom is 0.416 e. The highest BCUT2D eigenvalue weighted by molar-refractivity contribution is 8.01. The van der Waals surface area contributed by atoms with Crippen LogP contribution in [-0.2, 0) is 22.2 Å². The van der Waals surface area contributed by atoms with Crippen LogP contribution in [-0.4, -0.2) is 70.0 Å². The molecule has 2 aromatic rings. The van der Waals surface area contributed by atoms with Crippen molar-refractivity contribution in [3.05, 3.63) is 65.0 Å². The summed E-state index contributed by atoms with van der Waals surface area (Å²) in [7, 11) is 0. The molecule has 2 aromatic carbocycles. The van der Waals surface area contributed by atoms with E-state index in [1.807, 2.05) is 43.0 Å². The Hall–Kier alpha value is -3.28. The molecule has 2 atom stereocenters. The van der Waals surface area contributed by atoms with Crippen molar-refractivity contribution in [1.82, 2.24) is 14.7 Å². The number of amides is 4. The second-order valence-corrected chi connectivity index (χ2v) is 13.0. The third-order valence-corrected chi connectivity index (χ3v) is 9.89. The molecule has 7 nitrogen and oxygen atoms in total. The van der Waals surface area contributed by atoms with Gasteiger partial charge in [0.25, 0.3) is 0 Å². The average molecular weight is 623 g/mol. The standard InChI is InChI=1S/C31H36F4N4O3S.H2/c1-19(2)10-16-39-28(41)25(43-29(39)27-22(31(33,34)35)7-5-8-23(27)32)18-26(40)37-14-12-21(13-15-37)38-17-11-20-6-3-4-9-24(20)36-30(38)42;/h3-9,19,21,25,29H,10-18H2,1-2H3,(H,36,42);1H. The number of alkyl halides is 3. The molecule has 0 spiro atoms. The number of halogens is 4. The molecule has 3 heterocycles. The summed E-state index contributed by atoms with van der Waals surface area (Å²) in [5.41, 5.74) is 0.204. The zero-order valence-electron chi connectivity index (χ0n) is 24.2. The lowest BCUT2D eigenvalue weighted by Gasteiger charge is -2.38. The fourth-order valence-electron chi connectivity index (χ4n) is 6.06. The van der Waals surface area contributed by atoms with Crippen LogP contribution < -0.4 is 5.32 Å². The maximum atomic E-state index is 15.0. The lowest BCUT2D eigenvalue weighted by atomic mass is 10.0. The van der Waals surface area contributed by atoms with Crippen molar-refractivity contribution in [1.29, 1.82) is 0 Å². The van der Waals surface area contributed by atoms with E-state index in [1.165, 1.54) is 4.90 Å². The second-order valence-electron chi connectivity index (χ2n) is 11.7. The first-order valence-corrected chi connectivity index (χ1v) is 15.6. The van der Waals surface area contributed by atoms with Crippen molar-refractivity contribution in [3.8, 4) is 0 Å². The average Bonchev–Trinajstić information content (AvgIpc) is 3.15. The van der Waals surface area contributed by atoms with Crippen molar-refractivity contribution >= 4 is 35.3 Å². The van der Waals surface area contributed by atoms with E-state index in [2.05, 4.69) is 5.32 Å². The molecule has 5 rings (SSSR count). The van der Waals surface area contributed by atoms with Crippen molar-refractivity contribution < 1.29 is 33.4 Å². The Bertz CT molecular complexity index is 1370. The summed E-state index contributed by atoms with van der Waals surface area (Å²) in [5.74, 6) is -1.57. The van der Waals surface area contributed by atoms with Crippen LogP contribution in [0.4, 0.5) is 28.0 Å². The normalized spacial score (nSPS) is 21.7.